The molecule has 0 saturated carbocycles. The predicted octanol–water partition coefficient (Wildman–Crippen LogP) is 2.28. The van der Waals surface area contributed by atoms with Crippen molar-refractivity contribution in [3.8, 4) is 5.88 Å². The Morgan fingerprint density at radius 3 is 2.71 bits per heavy atom. The fourth-order valence-corrected chi connectivity index (χ4v) is 1.37. The van der Waals surface area contributed by atoms with Crippen LogP contribution in [-0.2, 0) is 6.61 Å². The quantitative estimate of drug-likeness (QED) is 0.855. The van der Waals surface area contributed by atoms with Gasteiger partial charge in [0.2, 0.25) is 5.88 Å². The van der Waals surface area contributed by atoms with Crippen LogP contribution >= 0.6 is 15.9 Å². The Morgan fingerprint density at radius 2 is 2.29 bits per heavy atom. The highest BCUT2D eigenvalue weighted by Gasteiger charge is 2.17. The summed E-state index contributed by atoms with van der Waals surface area (Å²) in [6.45, 7) is -0.350. The summed E-state index contributed by atoms with van der Waals surface area (Å²) in [6.07, 6.45) is -2.67. The molecule has 0 saturated heterocycles. The second-order valence-corrected chi connectivity index (χ2v) is 3.25. The van der Waals surface area contributed by atoms with Crippen LogP contribution in [0.2, 0.25) is 0 Å². The summed E-state index contributed by atoms with van der Waals surface area (Å²) >= 11 is 3.04. The number of alkyl halides is 2. The van der Waals surface area contributed by atoms with Crippen LogP contribution in [0.3, 0.4) is 0 Å². The lowest BCUT2D eigenvalue weighted by Gasteiger charge is -2.09. The maximum absolute atomic E-state index is 12.4. The Kier molecular flexibility index (Phi) is 3.77. The van der Waals surface area contributed by atoms with Gasteiger partial charge in [0.25, 0.3) is 6.43 Å². The number of rotatable bonds is 3. The third kappa shape index (κ3) is 2.19. The molecule has 0 unspecified atom stereocenters. The molecular weight excluding hydrogens is 260 g/mol. The molecule has 0 amide bonds. The minimum atomic E-state index is -2.67. The summed E-state index contributed by atoms with van der Waals surface area (Å²) in [7, 11) is 1.26. The standard InChI is InChI=1S/C8H8BrF2NO2/c1-14-8-5(7(10)11)2-4(3-13)6(9)12-8/h2,7,13H,3H2,1H3. The summed E-state index contributed by atoms with van der Waals surface area (Å²) < 4.78 is 29.9. The number of hydrogen-bond acceptors (Lipinski definition) is 3. The van der Waals surface area contributed by atoms with Crippen molar-refractivity contribution in [2.24, 2.45) is 0 Å². The van der Waals surface area contributed by atoms with Gasteiger partial charge in [-0.05, 0) is 22.0 Å². The molecule has 0 spiro atoms. The van der Waals surface area contributed by atoms with Crippen molar-refractivity contribution in [3.05, 3.63) is 21.8 Å². The van der Waals surface area contributed by atoms with Crippen LogP contribution < -0.4 is 4.74 Å². The minimum absolute atomic E-state index is 0.135. The van der Waals surface area contributed by atoms with Crippen molar-refractivity contribution < 1.29 is 18.6 Å². The Balaban J connectivity index is 3.25. The van der Waals surface area contributed by atoms with E-state index in [0.29, 0.717) is 10.2 Å². The molecular formula is C8H8BrF2NO2. The Morgan fingerprint density at radius 1 is 1.64 bits per heavy atom. The van der Waals surface area contributed by atoms with E-state index in [2.05, 4.69) is 25.7 Å². The topological polar surface area (TPSA) is 42.4 Å². The molecule has 0 aliphatic heterocycles. The highest BCUT2D eigenvalue weighted by Crippen LogP contribution is 2.30. The first kappa shape index (κ1) is 11.3. The second-order valence-electron chi connectivity index (χ2n) is 2.50. The second kappa shape index (κ2) is 4.65. The van der Waals surface area contributed by atoms with Gasteiger partial charge in [0.05, 0.1) is 19.3 Å². The summed E-state index contributed by atoms with van der Waals surface area (Å²) in [5.41, 5.74) is -0.0131. The number of hydrogen-bond donors (Lipinski definition) is 1. The molecule has 78 valence electrons. The maximum atomic E-state index is 12.4. The van der Waals surface area contributed by atoms with Gasteiger partial charge in [-0.2, -0.15) is 0 Å². The molecule has 0 radical (unpaired) electrons. The number of pyridine rings is 1. The van der Waals surface area contributed by atoms with Crippen LogP contribution in [-0.4, -0.2) is 17.2 Å². The Labute approximate surface area is 87.9 Å². The van der Waals surface area contributed by atoms with Crippen molar-refractivity contribution >= 4 is 15.9 Å². The molecule has 6 heteroatoms. The average Bonchev–Trinajstić information content (AvgIpc) is 2.16. The predicted molar refractivity (Wildman–Crippen MR) is 49.4 cm³/mol. The third-order valence-corrected chi connectivity index (χ3v) is 2.33. The molecule has 0 aliphatic carbocycles. The van der Waals surface area contributed by atoms with E-state index < -0.39 is 6.43 Å². The van der Waals surface area contributed by atoms with Crippen LogP contribution in [0.4, 0.5) is 8.78 Å². The summed E-state index contributed by atoms with van der Waals surface area (Å²) in [5.74, 6) is -0.135. The van der Waals surface area contributed by atoms with Gasteiger partial charge in [0.1, 0.15) is 4.60 Å². The lowest BCUT2D eigenvalue weighted by Crippen LogP contribution is -1.99. The smallest absolute Gasteiger partial charge is 0.269 e. The molecule has 1 heterocycles. The first-order chi connectivity index (χ1) is 6.60. The molecule has 1 aromatic heterocycles. The zero-order valence-electron chi connectivity index (χ0n) is 7.30. The molecule has 0 fully saturated rings. The zero-order chi connectivity index (χ0) is 10.7. The van der Waals surface area contributed by atoms with E-state index in [0.717, 1.165) is 0 Å². The highest BCUT2D eigenvalue weighted by molar-refractivity contribution is 9.10. The van der Waals surface area contributed by atoms with Gasteiger partial charge in [0.15, 0.2) is 0 Å². The van der Waals surface area contributed by atoms with E-state index in [-0.39, 0.29) is 18.1 Å². The van der Waals surface area contributed by atoms with Crippen molar-refractivity contribution in [3.63, 3.8) is 0 Å². The van der Waals surface area contributed by atoms with E-state index in [1.807, 2.05) is 0 Å². The van der Waals surface area contributed by atoms with E-state index in [4.69, 9.17) is 5.11 Å². The largest absolute Gasteiger partial charge is 0.481 e. The van der Waals surface area contributed by atoms with Crippen LogP contribution in [0.15, 0.2) is 10.7 Å². The van der Waals surface area contributed by atoms with E-state index in [1.165, 1.54) is 13.2 Å². The van der Waals surface area contributed by atoms with E-state index in [9.17, 15) is 8.78 Å². The monoisotopic (exact) mass is 267 g/mol. The summed E-state index contributed by atoms with van der Waals surface area (Å²) in [5, 5.41) is 8.83. The van der Waals surface area contributed by atoms with Gasteiger partial charge < -0.3 is 9.84 Å². The molecule has 14 heavy (non-hydrogen) atoms. The molecule has 0 atom stereocenters. The van der Waals surface area contributed by atoms with Crippen LogP contribution in [0.5, 0.6) is 5.88 Å². The molecule has 0 bridgehead atoms. The molecule has 3 nitrogen and oxygen atoms in total. The van der Waals surface area contributed by atoms with Gasteiger partial charge in [-0.25, -0.2) is 13.8 Å². The van der Waals surface area contributed by atoms with Crippen molar-refractivity contribution in [2.45, 2.75) is 13.0 Å². The van der Waals surface area contributed by atoms with Gasteiger partial charge in [-0.15, -0.1) is 0 Å². The number of methoxy groups -OCH3 is 1. The molecule has 0 aliphatic rings. The van der Waals surface area contributed by atoms with E-state index >= 15 is 0 Å². The van der Waals surface area contributed by atoms with Crippen molar-refractivity contribution in [1.82, 2.24) is 4.98 Å². The number of aliphatic hydroxyl groups excluding tert-OH is 1. The fourth-order valence-electron chi connectivity index (χ4n) is 0.965. The normalized spacial score (nSPS) is 10.7. The number of halogens is 3. The first-order valence-electron chi connectivity index (χ1n) is 3.72. The van der Waals surface area contributed by atoms with Crippen molar-refractivity contribution in [2.75, 3.05) is 7.11 Å². The lowest BCUT2D eigenvalue weighted by atomic mass is 10.2. The SMILES string of the molecule is COc1nc(Br)c(CO)cc1C(F)F. The average molecular weight is 268 g/mol. The van der Waals surface area contributed by atoms with Gasteiger partial charge in [-0.3, -0.25) is 0 Å². The fraction of sp³-hybridized carbons (Fsp3) is 0.375. The Hall–Kier alpha value is -0.750. The van der Waals surface area contributed by atoms with E-state index in [1.54, 1.807) is 0 Å². The number of aliphatic hydroxyl groups is 1. The van der Waals surface area contributed by atoms with Gasteiger partial charge >= 0.3 is 0 Å². The van der Waals surface area contributed by atoms with Crippen LogP contribution in [0.1, 0.15) is 17.6 Å². The molecule has 1 rings (SSSR count). The highest BCUT2D eigenvalue weighted by atomic mass is 79.9. The maximum Gasteiger partial charge on any atom is 0.269 e. The summed E-state index contributed by atoms with van der Waals surface area (Å²) in [6, 6.07) is 1.17. The van der Waals surface area contributed by atoms with Crippen LogP contribution in [0.25, 0.3) is 0 Å². The number of ether oxygens (including phenoxy) is 1. The molecule has 1 N–H and O–H groups in total. The lowest BCUT2D eigenvalue weighted by molar-refractivity contribution is 0.145. The third-order valence-electron chi connectivity index (χ3n) is 1.64. The number of aromatic nitrogens is 1. The van der Waals surface area contributed by atoms with Crippen LogP contribution in [0, 0.1) is 0 Å². The minimum Gasteiger partial charge on any atom is -0.481 e. The van der Waals surface area contributed by atoms with Gasteiger partial charge in [-0.1, -0.05) is 0 Å². The van der Waals surface area contributed by atoms with Gasteiger partial charge in [0, 0.05) is 5.56 Å². The zero-order valence-corrected chi connectivity index (χ0v) is 8.88. The first-order valence-corrected chi connectivity index (χ1v) is 4.51. The van der Waals surface area contributed by atoms with Crippen molar-refractivity contribution in [1.29, 1.82) is 0 Å². The molecule has 0 aromatic carbocycles. The number of nitrogens with zero attached hydrogens (tertiary/aromatic N) is 1. The molecule has 1 aromatic rings. The summed E-state index contributed by atoms with van der Waals surface area (Å²) in [4.78, 5) is 3.74. The Bertz CT molecular complexity index is 333.